The maximum atomic E-state index is 11.9. The monoisotopic (exact) mass is 1090 g/mol. The summed E-state index contributed by atoms with van der Waals surface area (Å²) in [5.74, 6) is 0. The Morgan fingerprint density at radius 2 is 0.541 bits per heavy atom. The lowest BCUT2D eigenvalue weighted by Crippen LogP contribution is -2.69. The van der Waals surface area contributed by atoms with Crippen molar-refractivity contribution in [3.8, 4) is 0 Å². The first-order valence-corrected chi connectivity index (χ1v) is 24.7. The first-order chi connectivity index (χ1) is 35.4. The average molecular weight is 1090 g/mol. The van der Waals surface area contributed by atoms with E-state index in [-0.39, 0.29) is 6.61 Å². The third-order valence-corrected chi connectivity index (χ3v) is 14.5. The predicted octanol–water partition coefficient (Wildman–Crippen LogP) is -11.3. The molecule has 17 N–H and O–H groups in total. The van der Waals surface area contributed by atoms with Crippen LogP contribution >= 0.6 is 0 Å². The highest BCUT2D eigenvalue weighted by molar-refractivity contribution is 5.01. The molecule has 0 aliphatic carbocycles. The van der Waals surface area contributed by atoms with E-state index in [1.165, 1.54) is 0 Å². The van der Waals surface area contributed by atoms with Crippen LogP contribution in [0.25, 0.3) is 0 Å². The summed E-state index contributed by atoms with van der Waals surface area (Å²) in [5.41, 5.74) is 0. The molecule has 31 heteroatoms. The van der Waals surface area contributed by atoms with E-state index in [0.717, 1.165) is 0 Å². The molecular weight excluding hydrogens is 1010 g/mol. The molecule has 0 aromatic carbocycles. The highest BCUT2D eigenvalue weighted by atomic mass is 16.8. The van der Waals surface area contributed by atoms with E-state index in [2.05, 4.69) is 4.90 Å². The number of nitrogens with zero attached hydrogens (tertiary/aromatic N) is 1. The Morgan fingerprint density at radius 3 is 0.784 bits per heavy atom. The number of ether oxygens (including phenoxy) is 13. The lowest BCUT2D eigenvalue weighted by atomic mass is 9.94. The van der Waals surface area contributed by atoms with Crippen molar-refractivity contribution in [3.05, 3.63) is 0 Å². The first kappa shape index (κ1) is 60.4. The van der Waals surface area contributed by atoms with Gasteiger partial charge in [0.1, 0.15) is 146 Å². The minimum atomic E-state index is -2.14. The van der Waals surface area contributed by atoms with Crippen LogP contribution in [0.3, 0.4) is 0 Å². The summed E-state index contributed by atoms with van der Waals surface area (Å²) in [5, 5.41) is 188. The van der Waals surface area contributed by atoms with Crippen LogP contribution in [0, 0.1) is 0 Å². The molecule has 0 aromatic heterocycles. The van der Waals surface area contributed by atoms with Crippen molar-refractivity contribution in [2.24, 2.45) is 0 Å². The van der Waals surface area contributed by atoms with Gasteiger partial charge in [-0.05, 0) is 19.5 Å². The fourth-order valence-corrected chi connectivity index (χ4v) is 10.2. The highest BCUT2D eigenvalue weighted by Crippen LogP contribution is 2.38. The number of hydrogen-bond donors (Lipinski definition) is 17. The quantitative estimate of drug-likeness (QED) is 0.0762. The topological polar surface area (TPSA) is 467 Å². The summed E-state index contributed by atoms with van der Waals surface area (Å²) in [6.07, 6.45) is -56.5. The highest BCUT2D eigenvalue weighted by Gasteiger charge is 2.59. The van der Waals surface area contributed by atoms with Crippen molar-refractivity contribution in [1.82, 2.24) is 4.90 Å². The molecule has 12 bridgehead atoms. The lowest BCUT2D eigenvalue weighted by molar-refractivity contribution is -0.404. The smallest absolute Gasteiger partial charge is 0.187 e. The number of aliphatic hydroxyl groups is 17. The van der Waals surface area contributed by atoms with Gasteiger partial charge in [0, 0.05) is 13.2 Å². The zero-order chi connectivity index (χ0) is 53.9. The van der Waals surface area contributed by atoms with Gasteiger partial charge in [0.2, 0.25) is 0 Å². The zero-order valence-electron chi connectivity index (χ0n) is 40.5. The first-order valence-electron chi connectivity index (χ1n) is 24.7. The van der Waals surface area contributed by atoms with Gasteiger partial charge in [-0.25, -0.2) is 0 Å². The van der Waals surface area contributed by atoms with Crippen LogP contribution in [0.2, 0.25) is 0 Å². The lowest BCUT2D eigenvalue weighted by Gasteiger charge is -2.51. The Hall–Kier alpha value is -1.24. The third kappa shape index (κ3) is 12.5. The maximum absolute atomic E-state index is 11.9. The molecular formula is C43H75NO30. The second-order valence-corrected chi connectivity index (χ2v) is 19.1. The minimum absolute atomic E-state index is 0.0651. The zero-order valence-corrected chi connectivity index (χ0v) is 40.5. The van der Waals surface area contributed by atoms with Gasteiger partial charge in [-0.15, -0.1) is 0 Å². The fraction of sp³-hybridized carbons (Fsp3) is 1.00. The Bertz CT molecular complexity index is 1670. The van der Waals surface area contributed by atoms with Gasteiger partial charge < -0.3 is 153 Å². The Labute approximate surface area is 423 Å². The molecule has 22 aliphatic rings. The van der Waals surface area contributed by atoms with Gasteiger partial charge in [-0.1, -0.05) is 13.8 Å². The van der Waals surface area contributed by atoms with Crippen molar-refractivity contribution in [3.63, 3.8) is 0 Å². The summed E-state index contributed by atoms with van der Waals surface area (Å²) < 4.78 is 76.0. The van der Waals surface area contributed by atoms with E-state index >= 15 is 0 Å². The van der Waals surface area contributed by atoms with E-state index in [1.807, 2.05) is 13.8 Å². The van der Waals surface area contributed by atoms with Gasteiger partial charge in [0.25, 0.3) is 0 Å². The number of hydrogen-bond acceptors (Lipinski definition) is 31. The molecule has 0 unspecified atom stereocenters. The second kappa shape index (κ2) is 26.8. The normalized spacial score (nSPS) is 50.8. The fourth-order valence-electron chi connectivity index (χ4n) is 10.2. The van der Waals surface area contributed by atoms with Crippen LogP contribution in [0.15, 0.2) is 0 Å². The SMILES string of the molecule is CCN(CC)CCCO[C@@H]1[C@@H](O)[C@H]2O[C@H]3[C@H](O)[C@@H](O)[C@@H](O[C@H]4[C@H](O)[C@@H](O)[C@@H](O[C@H]5[C@H](O)[C@@H](O)[C@@H](O[C@H]6[C@H](O)[C@@H](O)[C@@H](O[C@H]7[C@H](O)[C@@H](O)[C@@H](O[C@H]1[C@@H](CO)O2)O[C@@H]7CO)O[C@@H]6CO)O[C@@H]5CO)O[C@@H]4CO)O[C@@H]3CO. The van der Waals surface area contributed by atoms with E-state index < -0.39 is 224 Å². The molecule has 74 heavy (non-hydrogen) atoms. The van der Waals surface area contributed by atoms with Gasteiger partial charge in [-0.2, -0.15) is 0 Å². The van der Waals surface area contributed by atoms with Gasteiger partial charge in [-0.3, -0.25) is 0 Å². The van der Waals surface area contributed by atoms with E-state index in [1.54, 1.807) is 0 Å². The minimum Gasteiger partial charge on any atom is -0.394 e. The average Bonchev–Trinajstić information content (AvgIpc) is 3.40. The largest absolute Gasteiger partial charge is 0.394 e. The van der Waals surface area contributed by atoms with Crippen LogP contribution in [0.4, 0.5) is 0 Å². The van der Waals surface area contributed by atoms with Gasteiger partial charge >= 0.3 is 0 Å². The van der Waals surface area contributed by atoms with Crippen molar-refractivity contribution < 1.29 is 148 Å². The summed E-state index contributed by atoms with van der Waals surface area (Å²) in [6, 6.07) is 0. The van der Waals surface area contributed by atoms with Gasteiger partial charge in [0.05, 0.1) is 39.6 Å². The van der Waals surface area contributed by atoms with Crippen LogP contribution < -0.4 is 0 Å². The number of rotatable bonds is 13. The molecule has 0 radical (unpaired) electrons. The Morgan fingerprint density at radius 1 is 0.311 bits per heavy atom. The second-order valence-electron chi connectivity index (χ2n) is 19.1. The summed E-state index contributed by atoms with van der Waals surface area (Å²) in [4.78, 5) is 2.08. The Balaban J connectivity index is 1.21. The van der Waals surface area contributed by atoms with Crippen LogP contribution in [-0.2, 0) is 61.6 Å². The van der Waals surface area contributed by atoms with Crippen LogP contribution in [-0.4, -0.2) is 342 Å². The molecule has 22 saturated heterocycles. The van der Waals surface area contributed by atoms with Crippen molar-refractivity contribution >= 4 is 0 Å². The standard InChI is InChI=1S/C43H75NO30/c1-3-44(4-2)6-5-7-62-37-30(61)43-68-19(13-50)36(37)74-42-29(60)24(55)34(17(11-48)67-42)72-40-27(58)22(53)32(15(9-46)65-40)70-38-25(56)20(51)31(14(8-45)63-38)69-39-26(57)21(52)33(16(10-47)64-39)71-41-28(59)23(54)35(73-43)18(12-49)66-41/h14-43,45-61H,3-13H2,1-2H3/t14-,15-,16-,17-,18-,19-,20-,21-,22-,23-,24-,25-,26-,27-,28-,29-,30-,31-,32-,33-,34-,35-,36+,37-,38-,39-,40-,41-,42-,43-/m1/s1. The summed E-state index contributed by atoms with van der Waals surface area (Å²) in [6.45, 7) is -0.0438. The summed E-state index contributed by atoms with van der Waals surface area (Å²) >= 11 is 0. The predicted molar refractivity (Wildman–Crippen MR) is 232 cm³/mol. The third-order valence-electron chi connectivity index (χ3n) is 14.5. The molecule has 0 aromatic rings. The van der Waals surface area contributed by atoms with E-state index in [9.17, 15) is 86.8 Å². The van der Waals surface area contributed by atoms with Crippen LogP contribution in [0.1, 0.15) is 20.3 Å². The molecule has 30 atom stereocenters. The van der Waals surface area contributed by atoms with Crippen molar-refractivity contribution in [2.75, 3.05) is 65.9 Å². The molecule has 31 nitrogen and oxygen atoms in total. The molecule has 22 aliphatic heterocycles. The van der Waals surface area contributed by atoms with E-state index in [4.69, 9.17) is 61.6 Å². The molecule has 0 spiro atoms. The summed E-state index contributed by atoms with van der Waals surface area (Å²) in [7, 11) is 0. The molecule has 22 rings (SSSR count). The molecule has 22 fully saturated rings. The van der Waals surface area contributed by atoms with E-state index in [0.29, 0.717) is 26.1 Å². The van der Waals surface area contributed by atoms with Crippen molar-refractivity contribution in [2.45, 2.75) is 205 Å². The Kier molecular flexibility index (Phi) is 21.9. The molecule has 22 heterocycles. The molecule has 0 saturated carbocycles. The maximum Gasteiger partial charge on any atom is 0.187 e. The molecule has 432 valence electrons. The van der Waals surface area contributed by atoms with Crippen LogP contribution in [0.5, 0.6) is 0 Å². The van der Waals surface area contributed by atoms with Gasteiger partial charge in [0.15, 0.2) is 37.7 Å². The van der Waals surface area contributed by atoms with Crippen molar-refractivity contribution in [1.29, 1.82) is 0 Å². The number of aliphatic hydroxyl groups excluding tert-OH is 17. The molecule has 0 amide bonds.